The van der Waals surface area contributed by atoms with Gasteiger partial charge in [0, 0.05) is 19.6 Å². The molecule has 0 fully saturated rings. The Hall–Kier alpha value is -1.80. The van der Waals surface area contributed by atoms with Gasteiger partial charge in [0.1, 0.15) is 12.4 Å². The lowest BCUT2D eigenvalue weighted by atomic mass is 10.3. The van der Waals surface area contributed by atoms with E-state index >= 15 is 0 Å². The van der Waals surface area contributed by atoms with Crippen LogP contribution in [0.25, 0.3) is 0 Å². The number of guanidine groups is 1. The van der Waals surface area contributed by atoms with E-state index in [4.69, 9.17) is 4.74 Å². The van der Waals surface area contributed by atoms with E-state index in [0.717, 1.165) is 18.6 Å². The quantitative estimate of drug-likeness (QED) is 0.328. The Morgan fingerprint density at radius 1 is 1.17 bits per heavy atom. The number of nitrogens with zero attached hydrogens (tertiary/aromatic N) is 1. The van der Waals surface area contributed by atoms with Gasteiger partial charge in [-0.05, 0) is 25.5 Å². The number of rotatable bonds is 10. The molecule has 0 radical (unpaired) electrons. The summed E-state index contributed by atoms with van der Waals surface area (Å²) in [4.78, 5) is 4.38. The second-order valence-electron chi connectivity index (χ2n) is 4.87. The van der Waals surface area contributed by atoms with Crippen molar-refractivity contribution in [3.63, 3.8) is 0 Å². The summed E-state index contributed by atoms with van der Waals surface area (Å²) in [7, 11) is -3.13. The second kappa shape index (κ2) is 10.8. The van der Waals surface area contributed by atoms with Crippen LogP contribution >= 0.6 is 0 Å². The molecule has 0 aromatic heterocycles. The fraction of sp³-hybridized carbons (Fsp3) is 0.533. The van der Waals surface area contributed by atoms with Crippen LogP contribution in [0.4, 0.5) is 0 Å². The van der Waals surface area contributed by atoms with Crippen LogP contribution in [0.15, 0.2) is 35.3 Å². The number of para-hydroxylation sites is 1. The highest BCUT2D eigenvalue weighted by Crippen LogP contribution is 2.07. The molecule has 8 heteroatoms. The maximum atomic E-state index is 10.9. The lowest BCUT2D eigenvalue weighted by molar-refractivity contribution is 0.322. The molecule has 1 aromatic carbocycles. The topological polar surface area (TPSA) is 91.8 Å². The number of aliphatic imine (C=N–C) groups is 1. The number of benzene rings is 1. The van der Waals surface area contributed by atoms with Crippen LogP contribution in [-0.2, 0) is 10.0 Å². The third-order valence-electron chi connectivity index (χ3n) is 2.72. The van der Waals surface area contributed by atoms with Gasteiger partial charge in [-0.1, -0.05) is 18.2 Å². The van der Waals surface area contributed by atoms with Gasteiger partial charge in [-0.3, -0.25) is 4.99 Å². The molecule has 0 amide bonds. The Bertz CT molecular complexity index is 561. The van der Waals surface area contributed by atoms with Crippen molar-refractivity contribution < 1.29 is 13.2 Å². The van der Waals surface area contributed by atoms with Crippen LogP contribution < -0.4 is 20.1 Å². The Labute approximate surface area is 138 Å². The minimum Gasteiger partial charge on any atom is -0.492 e. The van der Waals surface area contributed by atoms with Gasteiger partial charge in [0.05, 0.1) is 12.8 Å². The molecular weight excluding hydrogens is 316 g/mol. The third-order valence-corrected chi connectivity index (χ3v) is 3.45. The second-order valence-corrected chi connectivity index (χ2v) is 6.70. The highest BCUT2D eigenvalue weighted by Gasteiger charge is 2.00. The number of hydrogen-bond acceptors (Lipinski definition) is 4. The fourth-order valence-corrected chi connectivity index (χ4v) is 2.24. The molecule has 0 spiro atoms. The minimum absolute atomic E-state index is 0.388. The molecule has 0 bridgehead atoms. The van der Waals surface area contributed by atoms with Gasteiger partial charge in [0.2, 0.25) is 10.0 Å². The van der Waals surface area contributed by atoms with E-state index in [2.05, 4.69) is 20.3 Å². The monoisotopic (exact) mass is 342 g/mol. The smallest absolute Gasteiger partial charge is 0.208 e. The van der Waals surface area contributed by atoms with E-state index in [1.165, 1.54) is 0 Å². The molecule has 23 heavy (non-hydrogen) atoms. The number of ether oxygens (including phenoxy) is 1. The van der Waals surface area contributed by atoms with Gasteiger partial charge in [0.25, 0.3) is 0 Å². The van der Waals surface area contributed by atoms with E-state index in [0.29, 0.717) is 38.6 Å². The Morgan fingerprint density at radius 3 is 2.57 bits per heavy atom. The van der Waals surface area contributed by atoms with Crippen molar-refractivity contribution in [2.75, 3.05) is 39.0 Å². The Morgan fingerprint density at radius 2 is 1.91 bits per heavy atom. The van der Waals surface area contributed by atoms with Crippen LogP contribution in [0.3, 0.4) is 0 Å². The highest BCUT2D eigenvalue weighted by molar-refractivity contribution is 7.88. The van der Waals surface area contributed by atoms with Crippen LogP contribution in [0.1, 0.15) is 13.3 Å². The largest absolute Gasteiger partial charge is 0.492 e. The van der Waals surface area contributed by atoms with E-state index in [9.17, 15) is 8.42 Å². The summed E-state index contributed by atoms with van der Waals surface area (Å²) in [6.45, 7) is 4.83. The van der Waals surface area contributed by atoms with E-state index in [1.807, 2.05) is 37.3 Å². The molecule has 0 unspecified atom stereocenters. The van der Waals surface area contributed by atoms with Crippen molar-refractivity contribution in [2.45, 2.75) is 13.3 Å². The zero-order chi connectivity index (χ0) is 17.0. The zero-order valence-electron chi connectivity index (χ0n) is 13.7. The summed E-state index contributed by atoms with van der Waals surface area (Å²) in [5, 5.41) is 6.31. The molecule has 1 rings (SSSR count). The summed E-state index contributed by atoms with van der Waals surface area (Å²) >= 11 is 0. The first kappa shape index (κ1) is 19.2. The molecule has 0 aliphatic heterocycles. The van der Waals surface area contributed by atoms with E-state index in [1.54, 1.807) is 0 Å². The van der Waals surface area contributed by atoms with Gasteiger partial charge >= 0.3 is 0 Å². The maximum absolute atomic E-state index is 10.9. The number of sulfonamides is 1. The molecule has 0 aliphatic carbocycles. The lowest BCUT2D eigenvalue weighted by Gasteiger charge is -2.12. The van der Waals surface area contributed by atoms with E-state index in [-0.39, 0.29) is 0 Å². The summed E-state index contributed by atoms with van der Waals surface area (Å²) < 4.78 is 29.9. The van der Waals surface area contributed by atoms with Crippen molar-refractivity contribution in [2.24, 2.45) is 4.99 Å². The SMILES string of the molecule is CCNC(=NCCCNS(C)(=O)=O)NCCOc1ccccc1. The van der Waals surface area contributed by atoms with Crippen molar-refractivity contribution in [1.29, 1.82) is 0 Å². The number of hydrogen-bond donors (Lipinski definition) is 3. The summed E-state index contributed by atoms with van der Waals surface area (Å²) in [6.07, 6.45) is 1.79. The summed E-state index contributed by atoms with van der Waals surface area (Å²) in [5.41, 5.74) is 0. The van der Waals surface area contributed by atoms with Crippen molar-refractivity contribution in [3.05, 3.63) is 30.3 Å². The molecule has 130 valence electrons. The first-order chi connectivity index (χ1) is 11.0. The molecule has 1 aromatic rings. The van der Waals surface area contributed by atoms with Gasteiger partial charge in [-0.15, -0.1) is 0 Å². The zero-order valence-corrected chi connectivity index (χ0v) is 14.5. The average molecular weight is 342 g/mol. The molecule has 0 saturated heterocycles. The first-order valence-corrected chi connectivity index (χ1v) is 9.55. The van der Waals surface area contributed by atoms with E-state index < -0.39 is 10.0 Å². The predicted octanol–water partition coefficient (Wildman–Crippen LogP) is 0.560. The van der Waals surface area contributed by atoms with Crippen LogP contribution in [-0.4, -0.2) is 53.4 Å². The third kappa shape index (κ3) is 10.5. The van der Waals surface area contributed by atoms with Gasteiger partial charge in [-0.25, -0.2) is 13.1 Å². The fourth-order valence-electron chi connectivity index (χ4n) is 1.72. The molecule has 0 heterocycles. The predicted molar refractivity (Wildman–Crippen MR) is 93.4 cm³/mol. The van der Waals surface area contributed by atoms with Gasteiger partial charge in [-0.2, -0.15) is 0 Å². The van der Waals surface area contributed by atoms with Crippen LogP contribution in [0.5, 0.6) is 5.75 Å². The number of nitrogens with one attached hydrogen (secondary N) is 3. The Kier molecular flexibility index (Phi) is 9.08. The van der Waals surface area contributed by atoms with Crippen molar-refractivity contribution in [1.82, 2.24) is 15.4 Å². The molecule has 3 N–H and O–H groups in total. The standard InChI is InChI=1S/C15H26N4O3S/c1-3-16-15(17-10-7-11-19-23(2,20)21)18-12-13-22-14-8-5-4-6-9-14/h4-6,8-9,19H,3,7,10-13H2,1-2H3,(H2,16,17,18). The molecule has 0 atom stereocenters. The lowest BCUT2D eigenvalue weighted by Crippen LogP contribution is -2.39. The van der Waals surface area contributed by atoms with Crippen LogP contribution in [0.2, 0.25) is 0 Å². The maximum Gasteiger partial charge on any atom is 0.208 e. The normalized spacial score (nSPS) is 12.0. The highest BCUT2D eigenvalue weighted by atomic mass is 32.2. The minimum atomic E-state index is -3.13. The van der Waals surface area contributed by atoms with Gasteiger partial charge in [0.15, 0.2) is 5.96 Å². The van der Waals surface area contributed by atoms with Gasteiger partial charge < -0.3 is 15.4 Å². The Balaban J connectivity index is 2.23. The average Bonchev–Trinajstić information content (AvgIpc) is 2.51. The molecular formula is C15H26N4O3S. The molecule has 0 aliphatic rings. The van der Waals surface area contributed by atoms with Crippen molar-refractivity contribution >= 4 is 16.0 Å². The summed E-state index contributed by atoms with van der Waals surface area (Å²) in [5.74, 6) is 1.53. The summed E-state index contributed by atoms with van der Waals surface area (Å²) in [6, 6.07) is 9.62. The van der Waals surface area contributed by atoms with Crippen molar-refractivity contribution in [3.8, 4) is 5.75 Å². The first-order valence-electron chi connectivity index (χ1n) is 7.66. The molecule has 0 saturated carbocycles. The molecule has 7 nitrogen and oxygen atoms in total. The van der Waals surface area contributed by atoms with Crippen LogP contribution in [0, 0.1) is 0 Å².